The number of aliphatic hydroxyl groups is 1. The predicted molar refractivity (Wildman–Crippen MR) is 52.6 cm³/mol. The highest BCUT2D eigenvalue weighted by Crippen LogP contribution is 2.27. The van der Waals surface area contributed by atoms with Crippen LogP contribution in [0.3, 0.4) is 0 Å². The van der Waals surface area contributed by atoms with Crippen molar-refractivity contribution >= 4 is 5.91 Å². The lowest BCUT2D eigenvalue weighted by molar-refractivity contribution is -0.0583. The van der Waals surface area contributed by atoms with Crippen LogP contribution in [-0.4, -0.2) is 21.6 Å². The minimum absolute atomic E-state index is 0.0897. The van der Waals surface area contributed by atoms with Gasteiger partial charge in [0.25, 0.3) is 5.91 Å². The van der Waals surface area contributed by atoms with E-state index in [4.69, 9.17) is 0 Å². The number of hydrogen-bond donors (Lipinski definition) is 1. The lowest BCUT2D eigenvalue weighted by Crippen LogP contribution is -2.43. The molecule has 74 valence electrons. The van der Waals surface area contributed by atoms with Gasteiger partial charge in [-0.3, -0.25) is 4.79 Å². The first-order valence-electron chi connectivity index (χ1n) is 4.62. The first-order valence-corrected chi connectivity index (χ1v) is 4.62. The molecule has 0 atom stereocenters. The summed E-state index contributed by atoms with van der Waals surface area (Å²) in [5.74, 6) is -0.0897. The summed E-state index contributed by atoms with van der Waals surface area (Å²) in [6, 6.07) is 7.45. The van der Waals surface area contributed by atoms with Gasteiger partial charge in [0, 0.05) is 12.1 Å². The Hall–Kier alpha value is -1.35. The van der Waals surface area contributed by atoms with Crippen LogP contribution in [0.15, 0.2) is 24.3 Å². The molecular formula is C11H13NO2. The summed E-state index contributed by atoms with van der Waals surface area (Å²) in [6.07, 6.45) is 0. The van der Waals surface area contributed by atoms with Crippen molar-refractivity contribution in [2.45, 2.75) is 26.1 Å². The number of carbonyl (C=O) groups excluding carboxylic acids is 1. The minimum atomic E-state index is -1.09. The largest absolute Gasteiger partial charge is 0.371 e. The van der Waals surface area contributed by atoms with Gasteiger partial charge in [-0.1, -0.05) is 18.2 Å². The maximum atomic E-state index is 11.8. The van der Waals surface area contributed by atoms with Crippen molar-refractivity contribution in [3.63, 3.8) is 0 Å². The van der Waals surface area contributed by atoms with Crippen molar-refractivity contribution in [3.8, 4) is 0 Å². The summed E-state index contributed by atoms with van der Waals surface area (Å²) in [4.78, 5) is 13.3. The second-order valence-corrected chi connectivity index (χ2v) is 4.04. The lowest BCUT2D eigenvalue weighted by atomic mass is 10.1. The second kappa shape index (κ2) is 2.82. The topological polar surface area (TPSA) is 40.5 Å². The lowest BCUT2D eigenvalue weighted by Gasteiger charge is -2.29. The fourth-order valence-electron chi connectivity index (χ4n) is 1.70. The molecule has 0 saturated carbocycles. The molecule has 14 heavy (non-hydrogen) atoms. The number of nitrogens with zero attached hydrogens (tertiary/aromatic N) is 1. The molecule has 1 heterocycles. The highest BCUT2D eigenvalue weighted by molar-refractivity contribution is 5.98. The first kappa shape index (κ1) is 9.21. The van der Waals surface area contributed by atoms with E-state index < -0.39 is 5.72 Å². The van der Waals surface area contributed by atoms with Gasteiger partial charge in [-0.2, -0.15) is 0 Å². The van der Waals surface area contributed by atoms with Gasteiger partial charge in [0.2, 0.25) is 0 Å². The summed E-state index contributed by atoms with van der Waals surface area (Å²) >= 11 is 0. The third-order valence-electron chi connectivity index (χ3n) is 2.48. The van der Waals surface area contributed by atoms with Gasteiger partial charge in [0.05, 0.1) is 0 Å². The van der Waals surface area contributed by atoms with Crippen LogP contribution in [0.25, 0.3) is 0 Å². The predicted octanol–water partition coefficient (Wildman–Crippen LogP) is 1.37. The molecule has 1 aromatic carbocycles. The maximum absolute atomic E-state index is 11.8. The molecule has 0 unspecified atom stereocenters. The molecule has 3 heteroatoms. The molecule has 3 nitrogen and oxygen atoms in total. The summed E-state index contributed by atoms with van der Waals surface area (Å²) in [6.45, 7) is 3.74. The smallest absolute Gasteiger partial charge is 0.256 e. The van der Waals surface area contributed by atoms with Gasteiger partial charge in [-0.15, -0.1) is 0 Å². The summed E-state index contributed by atoms with van der Waals surface area (Å²) in [5, 5.41) is 9.77. The Bertz CT molecular complexity index is 379. The highest BCUT2D eigenvalue weighted by Gasteiger charge is 2.35. The van der Waals surface area contributed by atoms with Crippen LogP contribution in [-0.2, 0) is 6.54 Å². The minimum Gasteiger partial charge on any atom is -0.371 e. The molecule has 1 amide bonds. The van der Waals surface area contributed by atoms with E-state index >= 15 is 0 Å². The van der Waals surface area contributed by atoms with Crippen molar-refractivity contribution in [3.05, 3.63) is 35.4 Å². The average Bonchev–Trinajstić information content (AvgIpc) is 2.44. The van der Waals surface area contributed by atoms with E-state index in [-0.39, 0.29) is 5.91 Å². The van der Waals surface area contributed by atoms with E-state index in [0.29, 0.717) is 12.1 Å². The van der Waals surface area contributed by atoms with Crippen LogP contribution in [0.4, 0.5) is 0 Å². The van der Waals surface area contributed by atoms with E-state index in [9.17, 15) is 9.90 Å². The molecule has 2 rings (SSSR count). The first-order chi connectivity index (χ1) is 6.50. The van der Waals surface area contributed by atoms with Gasteiger partial charge in [0.15, 0.2) is 0 Å². The van der Waals surface area contributed by atoms with Crippen LogP contribution in [0.2, 0.25) is 0 Å². The summed E-state index contributed by atoms with van der Waals surface area (Å²) in [5.41, 5.74) is 0.602. The van der Waals surface area contributed by atoms with E-state index in [1.807, 2.05) is 18.2 Å². The summed E-state index contributed by atoms with van der Waals surface area (Å²) in [7, 11) is 0. The molecule has 0 aromatic heterocycles. The van der Waals surface area contributed by atoms with Crippen LogP contribution in [0.1, 0.15) is 29.8 Å². The molecule has 1 aliphatic rings. The van der Waals surface area contributed by atoms with Gasteiger partial charge >= 0.3 is 0 Å². The molecule has 1 aliphatic heterocycles. The Morgan fingerprint density at radius 3 is 2.57 bits per heavy atom. The average molecular weight is 191 g/mol. The Morgan fingerprint density at radius 2 is 2.00 bits per heavy atom. The zero-order valence-corrected chi connectivity index (χ0v) is 8.32. The second-order valence-electron chi connectivity index (χ2n) is 4.04. The van der Waals surface area contributed by atoms with Crippen LogP contribution in [0.5, 0.6) is 0 Å². The van der Waals surface area contributed by atoms with Crippen LogP contribution >= 0.6 is 0 Å². The number of rotatable bonds is 1. The van der Waals surface area contributed by atoms with Crippen LogP contribution in [0, 0.1) is 0 Å². The van der Waals surface area contributed by atoms with Gasteiger partial charge in [0.1, 0.15) is 5.72 Å². The number of hydrogen-bond acceptors (Lipinski definition) is 2. The fraction of sp³-hybridized carbons (Fsp3) is 0.364. The van der Waals surface area contributed by atoms with Gasteiger partial charge < -0.3 is 10.0 Å². The molecule has 0 spiro atoms. The Balaban J connectivity index is 2.40. The quantitative estimate of drug-likeness (QED) is 0.728. The molecule has 1 N–H and O–H groups in total. The van der Waals surface area contributed by atoms with E-state index in [1.54, 1.807) is 19.9 Å². The number of carbonyl (C=O) groups is 1. The SMILES string of the molecule is CC(C)(O)N1Cc2ccccc2C1=O. The standard InChI is InChI=1S/C11H13NO2/c1-11(2,14)12-7-8-5-3-4-6-9(8)10(12)13/h3-6,14H,7H2,1-2H3. The third-order valence-corrected chi connectivity index (χ3v) is 2.48. The number of fused-ring (bicyclic) bond motifs is 1. The Kier molecular flexibility index (Phi) is 1.86. The van der Waals surface area contributed by atoms with E-state index in [1.165, 1.54) is 4.90 Å². The number of amides is 1. The summed E-state index contributed by atoms with van der Waals surface area (Å²) < 4.78 is 0. The van der Waals surface area contributed by atoms with Crippen LogP contribution < -0.4 is 0 Å². The molecule has 0 saturated heterocycles. The Morgan fingerprint density at radius 1 is 1.36 bits per heavy atom. The fourth-order valence-corrected chi connectivity index (χ4v) is 1.70. The maximum Gasteiger partial charge on any atom is 0.256 e. The van der Waals surface area contributed by atoms with Crippen molar-refractivity contribution in [2.75, 3.05) is 0 Å². The molecular weight excluding hydrogens is 178 g/mol. The zero-order chi connectivity index (χ0) is 10.3. The van der Waals surface area contributed by atoms with Gasteiger partial charge in [-0.05, 0) is 25.5 Å². The van der Waals surface area contributed by atoms with Crippen molar-refractivity contribution in [1.82, 2.24) is 4.90 Å². The molecule has 0 bridgehead atoms. The molecule has 1 aromatic rings. The third kappa shape index (κ3) is 1.30. The normalized spacial score (nSPS) is 15.9. The Labute approximate surface area is 83.0 Å². The van der Waals surface area contributed by atoms with Gasteiger partial charge in [-0.25, -0.2) is 0 Å². The van der Waals surface area contributed by atoms with Crippen molar-refractivity contribution in [1.29, 1.82) is 0 Å². The zero-order valence-electron chi connectivity index (χ0n) is 8.32. The monoisotopic (exact) mass is 191 g/mol. The molecule has 0 fully saturated rings. The van der Waals surface area contributed by atoms with Crippen molar-refractivity contribution < 1.29 is 9.90 Å². The van der Waals surface area contributed by atoms with Crippen molar-refractivity contribution in [2.24, 2.45) is 0 Å². The molecule has 0 aliphatic carbocycles. The number of benzene rings is 1. The highest BCUT2D eigenvalue weighted by atomic mass is 16.3. The molecule has 0 radical (unpaired) electrons. The van der Waals surface area contributed by atoms with E-state index in [0.717, 1.165) is 5.56 Å². The van der Waals surface area contributed by atoms with E-state index in [2.05, 4.69) is 0 Å².